The molecule has 1 amide bonds. The van der Waals surface area contributed by atoms with Crippen LogP contribution in [0.5, 0.6) is 0 Å². The second kappa shape index (κ2) is 8.51. The van der Waals surface area contributed by atoms with E-state index in [1.54, 1.807) is 0 Å². The Morgan fingerprint density at radius 1 is 1.41 bits per heavy atom. The predicted octanol–water partition coefficient (Wildman–Crippen LogP) is 1.37. The molecule has 2 aliphatic rings. The minimum atomic E-state index is 0. The predicted molar refractivity (Wildman–Crippen MR) is 79.4 cm³/mol. The Morgan fingerprint density at radius 3 is 2.94 bits per heavy atom. The Hall–Kier alpha value is 0.420. The molecule has 3 nitrogen and oxygen atoms in total. The van der Waals surface area contributed by atoms with Crippen LogP contribution < -0.4 is 10.6 Å². The van der Waals surface area contributed by atoms with Gasteiger partial charge in [-0.05, 0) is 31.8 Å². The molecular weight excluding hydrogens is 276 g/mol. The minimum absolute atomic E-state index is 0. The molecule has 2 heterocycles. The molecule has 0 aliphatic carbocycles. The van der Waals surface area contributed by atoms with Crippen LogP contribution in [0.1, 0.15) is 12.8 Å². The van der Waals surface area contributed by atoms with Crippen LogP contribution >= 0.6 is 35.9 Å². The number of hydrogen-bond acceptors (Lipinski definition) is 4. The monoisotopic (exact) mass is 296 g/mol. The lowest BCUT2D eigenvalue weighted by Gasteiger charge is -2.25. The number of carbonyl (C=O) groups excluding carboxylic acids is 1. The van der Waals surface area contributed by atoms with Crippen molar-refractivity contribution in [3.8, 4) is 0 Å². The Kier molecular flexibility index (Phi) is 7.75. The molecule has 2 fully saturated rings. The van der Waals surface area contributed by atoms with Crippen LogP contribution in [0.15, 0.2) is 0 Å². The average Bonchev–Trinajstić information content (AvgIpc) is 2.38. The largest absolute Gasteiger partial charge is 0.355 e. The van der Waals surface area contributed by atoms with Gasteiger partial charge < -0.3 is 10.6 Å². The van der Waals surface area contributed by atoms with Gasteiger partial charge >= 0.3 is 0 Å². The van der Waals surface area contributed by atoms with Crippen molar-refractivity contribution in [2.24, 2.45) is 5.92 Å². The van der Waals surface area contributed by atoms with Gasteiger partial charge in [-0.3, -0.25) is 4.79 Å². The van der Waals surface area contributed by atoms with E-state index >= 15 is 0 Å². The molecule has 2 saturated heterocycles. The summed E-state index contributed by atoms with van der Waals surface area (Å²) in [6.45, 7) is 3.06. The van der Waals surface area contributed by atoms with E-state index < -0.39 is 0 Å². The number of thioether (sulfide) groups is 2. The lowest BCUT2D eigenvalue weighted by molar-refractivity contribution is -0.120. The summed E-state index contributed by atoms with van der Waals surface area (Å²) in [6, 6.07) is 0. The van der Waals surface area contributed by atoms with E-state index in [2.05, 4.69) is 10.6 Å². The third-order valence-electron chi connectivity index (χ3n) is 3.07. The van der Waals surface area contributed by atoms with Gasteiger partial charge in [0.2, 0.25) is 5.91 Å². The molecule has 6 heteroatoms. The maximum atomic E-state index is 11.9. The van der Waals surface area contributed by atoms with Crippen LogP contribution in [0.3, 0.4) is 0 Å². The SMILES string of the molecule is Cl.O=C(NCC1CCCNC1)C1CSCCS1. The molecular formula is C11H21ClN2OS2. The summed E-state index contributed by atoms with van der Waals surface area (Å²) < 4.78 is 0. The van der Waals surface area contributed by atoms with Crippen LogP contribution in [0, 0.1) is 5.92 Å². The molecule has 0 aromatic carbocycles. The molecule has 2 unspecified atom stereocenters. The van der Waals surface area contributed by atoms with Gasteiger partial charge in [0.25, 0.3) is 0 Å². The van der Waals surface area contributed by atoms with Gasteiger partial charge in [-0.1, -0.05) is 0 Å². The molecule has 100 valence electrons. The van der Waals surface area contributed by atoms with E-state index in [1.807, 2.05) is 23.5 Å². The van der Waals surface area contributed by atoms with Gasteiger partial charge in [-0.25, -0.2) is 0 Å². The molecule has 2 rings (SSSR count). The third-order valence-corrected chi connectivity index (χ3v) is 5.83. The van der Waals surface area contributed by atoms with E-state index in [4.69, 9.17) is 0 Å². The summed E-state index contributed by atoms with van der Waals surface area (Å²) in [7, 11) is 0. The quantitative estimate of drug-likeness (QED) is 0.825. The number of carbonyl (C=O) groups is 1. The summed E-state index contributed by atoms with van der Waals surface area (Å²) in [5.41, 5.74) is 0. The summed E-state index contributed by atoms with van der Waals surface area (Å²) >= 11 is 3.71. The minimum Gasteiger partial charge on any atom is -0.355 e. The molecule has 0 saturated carbocycles. The Labute approximate surface area is 118 Å². The highest BCUT2D eigenvalue weighted by atomic mass is 35.5. The zero-order chi connectivity index (χ0) is 11.2. The maximum Gasteiger partial charge on any atom is 0.233 e. The van der Waals surface area contributed by atoms with Crippen molar-refractivity contribution in [2.45, 2.75) is 18.1 Å². The van der Waals surface area contributed by atoms with Crippen molar-refractivity contribution in [3.05, 3.63) is 0 Å². The van der Waals surface area contributed by atoms with Crippen LogP contribution in [-0.2, 0) is 4.79 Å². The smallest absolute Gasteiger partial charge is 0.233 e. The Morgan fingerprint density at radius 2 is 2.29 bits per heavy atom. The number of nitrogens with one attached hydrogen (secondary N) is 2. The first-order valence-corrected chi connectivity index (χ1v) is 8.24. The van der Waals surface area contributed by atoms with Gasteiger partial charge in [-0.2, -0.15) is 11.8 Å². The molecule has 2 N–H and O–H groups in total. The summed E-state index contributed by atoms with van der Waals surface area (Å²) in [4.78, 5) is 11.9. The summed E-state index contributed by atoms with van der Waals surface area (Å²) in [5.74, 6) is 4.19. The molecule has 0 radical (unpaired) electrons. The van der Waals surface area contributed by atoms with Gasteiger partial charge in [0, 0.05) is 23.8 Å². The second-order valence-electron chi connectivity index (χ2n) is 4.39. The fraction of sp³-hybridized carbons (Fsp3) is 0.909. The van der Waals surface area contributed by atoms with Crippen molar-refractivity contribution in [3.63, 3.8) is 0 Å². The van der Waals surface area contributed by atoms with E-state index in [-0.39, 0.29) is 23.6 Å². The number of amides is 1. The van der Waals surface area contributed by atoms with Crippen LogP contribution in [0.25, 0.3) is 0 Å². The number of rotatable bonds is 3. The van der Waals surface area contributed by atoms with Crippen molar-refractivity contribution in [1.29, 1.82) is 0 Å². The first-order valence-electron chi connectivity index (χ1n) is 6.04. The fourth-order valence-corrected chi connectivity index (χ4v) is 4.68. The molecule has 0 aromatic rings. The first-order chi connectivity index (χ1) is 7.86. The molecule has 0 aromatic heterocycles. The molecule has 2 aliphatic heterocycles. The zero-order valence-corrected chi connectivity index (χ0v) is 12.4. The fourth-order valence-electron chi connectivity index (χ4n) is 2.10. The lowest BCUT2D eigenvalue weighted by Crippen LogP contribution is -2.42. The first kappa shape index (κ1) is 15.5. The Balaban J connectivity index is 0.00000144. The van der Waals surface area contributed by atoms with Gasteiger partial charge in [0.05, 0.1) is 5.25 Å². The second-order valence-corrected chi connectivity index (χ2v) is 6.85. The highest BCUT2D eigenvalue weighted by molar-refractivity contribution is 8.07. The average molecular weight is 297 g/mol. The molecule has 17 heavy (non-hydrogen) atoms. The van der Waals surface area contributed by atoms with Gasteiger partial charge in [0.1, 0.15) is 0 Å². The van der Waals surface area contributed by atoms with Gasteiger partial charge in [0.15, 0.2) is 0 Å². The topological polar surface area (TPSA) is 41.1 Å². The van der Waals surface area contributed by atoms with Crippen molar-refractivity contribution < 1.29 is 4.79 Å². The number of halogens is 1. The normalized spacial score (nSPS) is 29.2. The third kappa shape index (κ3) is 5.28. The lowest BCUT2D eigenvalue weighted by atomic mass is 10.00. The van der Waals surface area contributed by atoms with E-state index in [1.165, 1.54) is 18.6 Å². The van der Waals surface area contributed by atoms with Crippen LogP contribution in [0.2, 0.25) is 0 Å². The number of piperidine rings is 1. The van der Waals surface area contributed by atoms with Crippen molar-refractivity contribution >= 4 is 41.8 Å². The molecule has 2 atom stereocenters. The summed E-state index contributed by atoms with van der Waals surface area (Å²) in [6.07, 6.45) is 2.49. The van der Waals surface area contributed by atoms with Gasteiger partial charge in [-0.15, -0.1) is 24.2 Å². The molecule has 0 spiro atoms. The van der Waals surface area contributed by atoms with Crippen molar-refractivity contribution in [2.75, 3.05) is 36.9 Å². The summed E-state index contributed by atoms with van der Waals surface area (Å²) in [5, 5.41) is 6.68. The highest BCUT2D eigenvalue weighted by Crippen LogP contribution is 2.24. The van der Waals surface area contributed by atoms with Crippen molar-refractivity contribution in [1.82, 2.24) is 10.6 Å². The Bertz CT molecular complexity index is 232. The van der Waals surface area contributed by atoms with E-state index in [9.17, 15) is 4.79 Å². The van der Waals surface area contributed by atoms with E-state index in [0.717, 1.165) is 31.1 Å². The number of hydrogen-bond donors (Lipinski definition) is 2. The van der Waals surface area contributed by atoms with E-state index in [0.29, 0.717) is 5.92 Å². The zero-order valence-electron chi connectivity index (χ0n) is 9.94. The van der Waals surface area contributed by atoms with Crippen LogP contribution in [0.4, 0.5) is 0 Å². The maximum absolute atomic E-state index is 11.9. The van der Waals surface area contributed by atoms with Crippen LogP contribution in [-0.4, -0.2) is 48.0 Å². The standard InChI is InChI=1S/C11H20N2OS2.ClH/c14-11(10-8-15-4-5-16-10)13-7-9-2-1-3-12-6-9;/h9-10,12H,1-8H2,(H,13,14);1H. The highest BCUT2D eigenvalue weighted by Gasteiger charge is 2.23. The molecule has 0 bridgehead atoms.